The molecule has 0 saturated heterocycles. The Bertz CT molecular complexity index is 899. The van der Waals surface area contributed by atoms with Gasteiger partial charge in [-0.1, -0.05) is 30.3 Å². The number of nitrogens with one attached hydrogen (secondary N) is 2. The van der Waals surface area contributed by atoms with Gasteiger partial charge in [0.2, 0.25) is 0 Å². The number of rotatable bonds is 6. The highest BCUT2D eigenvalue weighted by molar-refractivity contribution is 6.04. The van der Waals surface area contributed by atoms with E-state index in [9.17, 15) is 4.79 Å². The third-order valence-electron chi connectivity index (χ3n) is 4.38. The summed E-state index contributed by atoms with van der Waals surface area (Å²) in [6, 6.07) is 17.4. The van der Waals surface area contributed by atoms with E-state index in [1.54, 1.807) is 19.4 Å². The van der Waals surface area contributed by atoms with Crippen LogP contribution in [-0.4, -0.2) is 18.0 Å². The molecular weight excluding hydrogens is 338 g/mol. The number of para-hydroxylation sites is 1. The summed E-state index contributed by atoms with van der Waals surface area (Å²) in [7, 11) is 1.65. The number of aromatic nitrogens is 1. The van der Waals surface area contributed by atoms with Crippen molar-refractivity contribution in [1.82, 2.24) is 4.98 Å². The van der Waals surface area contributed by atoms with E-state index < -0.39 is 0 Å². The molecule has 1 aromatic heterocycles. The number of carbonyl (C=O) groups excluding carboxylic acids is 1. The molecule has 3 aromatic rings. The van der Waals surface area contributed by atoms with Crippen molar-refractivity contribution in [1.29, 1.82) is 0 Å². The average molecular weight is 361 g/mol. The minimum atomic E-state index is -0.165. The Balaban J connectivity index is 1.61. The molecule has 2 N–H and O–H groups in total. The van der Waals surface area contributed by atoms with Crippen molar-refractivity contribution in [2.24, 2.45) is 0 Å². The first-order valence-corrected chi connectivity index (χ1v) is 8.77. The quantitative estimate of drug-likeness (QED) is 0.675. The first kappa shape index (κ1) is 18.5. The minimum Gasteiger partial charge on any atom is -0.497 e. The highest BCUT2D eigenvalue weighted by atomic mass is 16.5. The highest BCUT2D eigenvalue weighted by Gasteiger charge is 2.10. The fourth-order valence-corrected chi connectivity index (χ4v) is 2.77. The van der Waals surface area contributed by atoms with E-state index in [2.05, 4.69) is 15.6 Å². The van der Waals surface area contributed by atoms with Gasteiger partial charge in [0.05, 0.1) is 12.7 Å². The average Bonchev–Trinajstić information content (AvgIpc) is 2.70. The van der Waals surface area contributed by atoms with Gasteiger partial charge >= 0.3 is 0 Å². The van der Waals surface area contributed by atoms with E-state index in [0.29, 0.717) is 12.1 Å². The topological polar surface area (TPSA) is 63.2 Å². The van der Waals surface area contributed by atoms with Crippen LogP contribution >= 0.6 is 0 Å². The summed E-state index contributed by atoms with van der Waals surface area (Å²) < 4.78 is 5.15. The molecule has 138 valence electrons. The van der Waals surface area contributed by atoms with Crippen molar-refractivity contribution in [2.75, 3.05) is 17.7 Å². The second kappa shape index (κ2) is 8.36. The summed E-state index contributed by atoms with van der Waals surface area (Å²) in [6.45, 7) is 4.60. The number of pyridine rings is 1. The second-order valence-electron chi connectivity index (χ2n) is 6.35. The predicted octanol–water partition coefficient (Wildman–Crippen LogP) is 4.57. The second-order valence-corrected chi connectivity index (χ2v) is 6.35. The van der Waals surface area contributed by atoms with Crippen molar-refractivity contribution in [3.8, 4) is 5.75 Å². The minimum absolute atomic E-state index is 0.165. The fourth-order valence-electron chi connectivity index (χ4n) is 2.77. The molecule has 5 heteroatoms. The lowest BCUT2D eigenvalue weighted by molar-refractivity contribution is 0.102. The number of aryl methyl sites for hydroxylation is 2. The molecule has 0 radical (unpaired) electrons. The Morgan fingerprint density at radius 1 is 1.00 bits per heavy atom. The van der Waals surface area contributed by atoms with Gasteiger partial charge in [0.25, 0.3) is 5.91 Å². The molecule has 0 spiro atoms. The van der Waals surface area contributed by atoms with Crippen LogP contribution in [0.2, 0.25) is 0 Å². The lowest BCUT2D eigenvalue weighted by Crippen LogP contribution is -2.14. The Morgan fingerprint density at radius 3 is 2.30 bits per heavy atom. The molecular formula is C22H23N3O2. The summed E-state index contributed by atoms with van der Waals surface area (Å²) >= 11 is 0. The van der Waals surface area contributed by atoms with Crippen LogP contribution in [0.1, 0.15) is 27.0 Å². The molecule has 0 fully saturated rings. The molecule has 27 heavy (non-hydrogen) atoms. The van der Waals surface area contributed by atoms with Crippen LogP contribution in [0.5, 0.6) is 5.75 Å². The number of anilines is 2. The Morgan fingerprint density at radius 2 is 1.70 bits per heavy atom. The predicted molar refractivity (Wildman–Crippen MR) is 108 cm³/mol. The molecule has 0 unspecified atom stereocenters. The zero-order valence-corrected chi connectivity index (χ0v) is 15.7. The van der Waals surface area contributed by atoms with Crippen molar-refractivity contribution in [2.45, 2.75) is 20.4 Å². The van der Waals surface area contributed by atoms with Crippen LogP contribution in [0.4, 0.5) is 11.5 Å². The maximum Gasteiger partial charge on any atom is 0.257 e. The number of carbonyl (C=O) groups is 1. The molecule has 0 aliphatic carbocycles. The van der Waals surface area contributed by atoms with E-state index in [1.165, 1.54) is 0 Å². The van der Waals surface area contributed by atoms with Gasteiger partial charge in [0.1, 0.15) is 11.6 Å². The molecule has 3 rings (SSSR count). The van der Waals surface area contributed by atoms with Gasteiger partial charge in [0.15, 0.2) is 0 Å². The lowest BCUT2D eigenvalue weighted by Gasteiger charge is -2.12. The molecule has 0 bridgehead atoms. The van der Waals surface area contributed by atoms with Gasteiger partial charge in [-0.05, 0) is 54.8 Å². The van der Waals surface area contributed by atoms with E-state index in [1.807, 2.05) is 62.4 Å². The standard InChI is InChI=1S/C22H23N3O2/c1-15-5-4-6-16(2)21(15)25-22(26)18-9-12-20(24-14-18)23-13-17-7-10-19(27-3)11-8-17/h4-12,14H,13H2,1-3H3,(H,23,24)(H,25,26). The maximum absolute atomic E-state index is 12.5. The van der Waals surface area contributed by atoms with Gasteiger partial charge in [-0.25, -0.2) is 4.98 Å². The fraction of sp³-hybridized carbons (Fsp3) is 0.182. The molecule has 0 aliphatic rings. The Kier molecular flexibility index (Phi) is 5.71. The van der Waals surface area contributed by atoms with Gasteiger partial charge in [-0.3, -0.25) is 4.79 Å². The third kappa shape index (κ3) is 4.64. The van der Waals surface area contributed by atoms with Gasteiger partial charge in [-0.15, -0.1) is 0 Å². The third-order valence-corrected chi connectivity index (χ3v) is 4.38. The maximum atomic E-state index is 12.5. The van der Waals surface area contributed by atoms with Gasteiger partial charge in [-0.2, -0.15) is 0 Å². The number of amides is 1. The summed E-state index contributed by atoms with van der Waals surface area (Å²) in [6.07, 6.45) is 1.58. The van der Waals surface area contributed by atoms with Crippen LogP contribution in [0.15, 0.2) is 60.8 Å². The number of benzene rings is 2. The first-order valence-electron chi connectivity index (χ1n) is 8.77. The van der Waals surface area contributed by atoms with Crippen molar-refractivity contribution < 1.29 is 9.53 Å². The van der Waals surface area contributed by atoms with Crippen LogP contribution in [0, 0.1) is 13.8 Å². The SMILES string of the molecule is COc1ccc(CNc2ccc(C(=O)Nc3c(C)cccc3C)cn2)cc1. The number of nitrogens with zero attached hydrogens (tertiary/aromatic N) is 1. The van der Waals surface area contributed by atoms with Gasteiger partial charge in [0, 0.05) is 18.4 Å². The molecule has 2 aromatic carbocycles. The number of hydrogen-bond donors (Lipinski definition) is 2. The van der Waals surface area contributed by atoms with Crippen LogP contribution in [-0.2, 0) is 6.54 Å². The zero-order chi connectivity index (χ0) is 19.2. The molecule has 0 aliphatic heterocycles. The molecule has 0 saturated carbocycles. The smallest absolute Gasteiger partial charge is 0.257 e. The highest BCUT2D eigenvalue weighted by Crippen LogP contribution is 2.20. The van der Waals surface area contributed by atoms with Gasteiger partial charge < -0.3 is 15.4 Å². The molecule has 1 heterocycles. The summed E-state index contributed by atoms with van der Waals surface area (Å²) in [4.78, 5) is 16.8. The number of methoxy groups -OCH3 is 1. The largest absolute Gasteiger partial charge is 0.497 e. The Hall–Kier alpha value is -3.34. The zero-order valence-electron chi connectivity index (χ0n) is 15.7. The van der Waals surface area contributed by atoms with E-state index >= 15 is 0 Å². The van der Waals surface area contributed by atoms with E-state index in [-0.39, 0.29) is 5.91 Å². The summed E-state index contributed by atoms with van der Waals surface area (Å²) in [5.41, 5.74) is 4.56. The Labute approximate surface area is 159 Å². The van der Waals surface area contributed by atoms with Crippen LogP contribution < -0.4 is 15.4 Å². The van der Waals surface area contributed by atoms with E-state index in [4.69, 9.17) is 4.74 Å². The van der Waals surface area contributed by atoms with Crippen molar-refractivity contribution >= 4 is 17.4 Å². The molecule has 5 nitrogen and oxygen atoms in total. The molecule has 0 atom stereocenters. The number of ether oxygens (including phenoxy) is 1. The lowest BCUT2D eigenvalue weighted by atomic mass is 10.1. The summed E-state index contributed by atoms with van der Waals surface area (Å²) in [5, 5.41) is 6.22. The van der Waals surface area contributed by atoms with E-state index in [0.717, 1.165) is 33.9 Å². The van der Waals surface area contributed by atoms with Crippen molar-refractivity contribution in [3.63, 3.8) is 0 Å². The van der Waals surface area contributed by atoms with Crippen molar-refractivity contribution in [3.05, 3.63) is 83.0 Å². The van der Waals surface area contributed by atoms with Crippen LogP contribution in [0.3, 0.4) is 0 Å². The number of hydrogen-bond acceptors (Lipinski definition) is 4. The normalized spacial score (nSPS) is 10.3. The monoisotopic (exact) mass is 361 g/mol. The molecule has 1 amide bonds. The first-order chi connectivity index (χ1) is 13.1. The summed E-state index contributed by atoms with van der Waals surface area (Å²) in [5.74, 6) is 1.38. The van der Waals surface area contributed by atoms with Crippen LogP contribution in [0.25, 0.3) is 0 Å².